The lowest BCUT2D eigenvalue weighted by atomic mass is 9.96. The Bertz CT molecular complexity index is 1320. The number of sulfonamides is 1. The van der Waals surface area contributed by atoms with Gasteiger partial charge in [-0.3, -0.25) is 14.3 Å². The quantitative estimate of drug-likeness (QED) is 0.556. The summed E-state index contributed by atoms with van der Waals surface area (Å²) in [7, 11) is -3.43. The molecule has 32 heavy (non-hydrogen) atoms. The number of nitrogens with one attached hydrogen (secondary N) is 2. The molecular formula is C23H21N3O5S. The van der Waals surface area contributed by atoms with Crippen molar-refractivity contribution in [1.29, 1.82) is 0 Å². The van der Waals surface area contributed by atoms with Crippen LogP contribution in [0.5, 0.6) is 5.88 Å². The van der Waals surface area contributed by atoms with Gasteiger partial charge in [0.2, 0.25) is 15.9 Å². The number of hydrogen-bond acceptors (Lipinski definition) is 6. The van der Waals surface area contributed by atoms with Gasteiger partial charge in [-0.2, -0.15) is 0 Å². The molecule has 1 unspecified atom stereocenters. The number of ether oxygens (including phenoxy) is 1. The van der Waals surface area contributed by atoms with Crippen molar-refractivity contribution in [3.63, 3.8) is 0 Å². The minimum Gasteiger partial charge on any atom is -0.464 e. The number of carbonyl (C=O) groups is 2. The standard InChI is InChI=1S/C23H21N3O5S/c1-14(27)15-5-3-6-16(11-15)19-9-10-24-23-20(19)13-21(31-23)22(28)25-17-7-4-8-18(12-17)26-32(2,29)30/h3-12,21,26H,13H2,1-2H3,(H,25,28). The molecule has 0 radical (unpaired) electrons. The second-order valence-electron chi connectivity index (χ2n) is 7.53. The summed E-state index contributed by atoms with van der Waals surface area (Å²) in [6.45, 7) is 1.51. The number of benzene rings is 2. The Morgan fingerprint density at radius 3 is 2.56 bits per heavy atom. The lowest BCUT2D eigenvalue weighted by molar-refractivity contribution is -0.122. The first-order valence-electron chi connectivity index (χ1n) is 9.84. The summed E-state index contributed by atoms with van der Waals surface area (Å²) in [6.07, 6.45) is 2.19. The van der Waals surface area contributed by atoms with Crippen molar-refractivity contribution in [3.05, 3.63) is 71.9 Å². The number of aromatic nitrogens is 1. The summed E-state index contributed by atoms with van der Waals surface area (Å²) in [5.41, 5.74) is 3.87. The molecule has 0 saturated heterocycles. The minimum absolute atomic E-state index is 0.0290. The highest BCUT2D eigenvalue weighted by molar-refractivity contribution is 7.92. The Morgan fingerprint density at radius 2 is 1.81 bits per heavy atom. The molecule has 9 heteroatoms. The van der Waals surface area contributed by atoms with Crippen LogP contribution in [0.2, 0.25) is 0 Å². The summed E-state index contributed by atoms with van der Waals surface area (Å²) in [6, 6.07) is 15.5. The Hall–Kier alpha value is -3.72. The Balaban J connectivity index is 1.53. The van der Waals surface area contributed by atoms with Crippen LogP contribution in [0.1, 0.15) is 22.8 Å². The maximum Gasteiger partial charge on any atom is 0.265 e. The van der Waals surface area contributed by atoms with Crippen molar-refractivity contribution in [1.82, 2.24) is 4.98 Å². The van der Waals surface area contributed by atoms with Gasteiger partial charge >= 0.3 is 0 Å². The molecule has 2 aromatic carbocycles. The van der Waals surface area contributed by atoms with Gasteiger partial charge < -0.3 is 10.1 Å². The average molecular weight is 452 g/mol. The number of pyridine rings is 1. The van der Waals surface area contributed by atoms with Crippen LogP contribution in [0, 0.1) is 0 Å². The molecule has 1 amide bonds. The fourth-order valence-corrected chi connectivity index (χ4v) is 4.11. The second kappa shape index (κ2) is 8.43. The smallest absolute Gasteiger partial charge is 0.265 e. The topological polar surface area (TPSA) is 114 Å². The molecule has 2 heterocycles. The first kappa shape index (κ1) is 21.5. The van der Waals surface area contributed by atoms with Crippen LogP contribution >= 0.6 is 0 Å². The third-order valence-corrected chi connectivity index (χ3v) is 5.57. The summed E-state index contributed by atoms with van der Waals surface area (Å²) in [4.78, 5) is 28.8. The van der Waals surface area contributed by atoms with E-state index >= 15 is 0 Å². The van der Waals surface area contributed by atoms with E-state index in [1.807, 2.05) is 24.3 Å². The molecule has 1 aliphatic heterocycles. The number of anilines is 2. The van der Waals surface area contributed by atoms with Gasteiger partial charge in [0.1, 0.15) is 0 Å². The molecule has 8 nitrogen and oxygen atoms in total. The highest BCUT2D eigenvalue weighted by Gasteiger charge is 2.32. The van der Waals surface area contributed by atoms with Crippen LogP contribution in [0.4, 0.5) is 11.4 Å². The normalized spacial score (nSPS) is 14.9. The van der Waals surface area contributed by atoms with Crippen LogP contribution in [0.15, 0.2) is 60.8 Å². The molecule has 1 aromatic heterocycles. The average Bonchev–Trinajstić information content (AvgIpc) is 3.17. The van der Waals surface area contributed by atoms with Gasteiger partial charge in [-0.05, 0) is 48.4 Å². The number of hydrogen-bond donors (Lipinski definition) is 2. The van der Waals surface area contributed by atoms with Gasteiger partial charge in [0.05, 0.1) is 11.9 Å². The minimum atomic E-state index is -3.43. The zero-order chi connectivity index (χ0) is 22.9. The van der Waals surface area contributed by atoms with Gasteiger partial charge in [-0.1, -0.05) is 24.3 Å². The van der Waals surface area contributed by atoms with Crippen LogP contribution < -0.4 is 14.8 Å². The first-order valence-corrected chi connectivity index (χ1v) is 11.7. The van der Waals surface area contributed by atoms with Crippen molar-refractivity contribution in [2.75, 3.05) is 16.3 Å². The van der Waals surface area contributed by atoms with E-state index in [9.17, 15) is 18.0 Å². The molecule has 0 saturated carbocycles. The number of Topliss-reactive ketones (excluding diaryl/α,β-unsaturated/α-hetero) is 1. The predicted octanol–water partition coefficient (Wildman–Crippen LogP) is 3.26. The Morgan fingerprint density at radius 1 is 1.06 bits per heavy atom. The maximum absolute atomic E-state index is 12.8. The fourth-order valence-electron chi connectivity index (χ4n) is 3.55. The van der Waals surface area contributed by atoms with E-state index in [-0.39, 0.29) is 11.7 Å². The number of ketones is 1. The van der Waals surface area contributed by atoms with E-state index in [1.54, 1.807) is 30.5 Å². The van der Waals surface area contributed by atoms with Crippen molar-refractivity contribution < 1.29 is 22.7 Å². The molecule has 0 spiro atoms. The largest absolute Gasteiger partial charge is 0.464 e. The maximum atomic E-state index is 12.8. The third kappa shape index (κ3) is 4.78. The molecule has 4 rings (SSSR count). The SMILES string of the molecule is CC(=O)c1cccc(-c2ccnc3c2CC(C(=O)Nc2cccc(NS(C)(=O)=O)c2)O3)c1. The molecule has 0 bridgehead atoms. The van der Waals surface area contributed by atoms with Crippen LogP contribution in [0.25, 0.3) is 11.1 Å². The zero-order valence-electron chi connectivity index (χ0n) is 17.5. The number of amides is 1. The molecule has 164 valence electrons. The van der Waals surface area contributed by atoms with Gasteiger partial charge in [-0.15, -0.1) is 0 Å². The molecule has 1 atom stereocenters. The third-order valence-electron chi connectivity index (χ3n) is 4.97. The number of rotatable bonds is 6. The predicted molar refractivity (Wildman–Crippen MR) is 121 cm³/mol. The molecule has 3 aromatic rings. The summed E-state index contributed by atoms with van der Waals surface area (Å²) < 4.78 is 31.0. The number of fused-ring (bicyclic) bond motifs is 1. The summed E-state index contributed by atoms with van der Waals surface area (Å²) >= 11 is 0. The number of carbonyl (C=O) groups excluding carboxylic acids is 2. The molecule has 1 aliphatic rings. The zero-order valence-corrected chi connectivity index (χ0v) is 18.3. The Labute approximate surface area is 185 Å². The molecule has 0 fully saturated rings. The molecular weight excluding hydrogens is 430 g/mol. The second-order valence-corrected chi connectivity index (χ2v) is 9.28. The van der Waals surface area contributed by atoms with Crippen LogP contribution in [-0.2, 0) is 21.2 Å². The van der Waals surface area contributed by atoms with Crippen LogP contribution in [-0.4, -0.2) is 37.5 Å². The fraction of sp³-hybridized carbons (Fsp3) is 0.174. The van der Waals surface area contributed by atoms with Gasteiger partial charge in [-0.25, -0.2) is 13.4 Å². The lowest BCUT2D eigenvalue weighted by Gasteiger charge is -2.12. The summed E-state index contributed by atoms with van der Waals surface area (Å²) in [5.74, 6) is -0.0232. The molecule has 2 N–H and O–H groups in total. The highest BCUT2D eigenvalue weighted by Crippen LogP contribution is 2.36. The van der Waals surface area contributed by atoms with Crippen molar-refractivity contribution in [3.8, 4) is 17.0 Å². The van der Waals surface area contributed by atoms with Gasteiger partial charge in [0, 0.05) is 29.4 Å². The van der Waals surface area contributed by atoms with Crippen LogP contribution in [0.3, 0.4) is 0 Å². The van der Waals surface area contributed by atoms with Crippen molar-refractivity contribution in [2.45, 2.75) is 19.4 Å². The number of nitrogens with zero attached hydrogens (tertiary/aromatic N) is 1. The van der Waals surface area contributed by atoms with E-state index in [0.29, 0.717) is 29.2 Å². The lowest BCUT2D eigenvalue weighted by Crippen LogP contribution is -2.31. The highest BCUT2D eigenvalue weighted by atomic mass is 32.2. The Kier molecular flexibility index (Phi) is 5.67. The van der Waals surface area contributed by atoms with E-state index < -0.39 is 16.1 Å². The first-order chi connectivity index (χ1) is 15.2. The van der Waals surface area contributed by atoms with Gasteiger partial charge in [0.15, 0.2) is 11.9 Å². The van der Waals surface area contributed by atoms with Crippen molar-refractivity contribution in [2.24, 2.45) is 0 Å². The monoisotopic (exact) mass is 451 g/mol. The van der Waals surface area contributed by atoms with E-state index in [4.69, 9.17) is 4.74 Å². The van der Waals surface area contributed by atoms with E-state index in [0.717, 1.165) is 22.9 Å². The summed E-state index contributed by atoms with van der Waals surface area (Å²) in [5, 5.41) is 2.76. The van der Waals surface area contributed by atoms with Gasteiger partial charge in [0.25, 0.3) is 5.91 Å². The molecule has 0 aliphatic carbocycles. The van der Waals surface area contributed by atoms with Crippen molar-refractivity contribution >= 4 is 33.1 Å². The van der Waals surface area contributed by atoms with E-state index in [2.05, 4.69) is 15.0 Å². The van der Waals surface area contributed by atoms with E-state index in [1.165, 1.54) is 13.0 Å².